The van der Waals surface area contributed by atoms with Crippen LogP contribution in [0.3, 0.4) is 0 Å². The lowest BCUT2D eigenvalue weighted by atomic mass is 10.1. The van der Waals surface area contributed by atoms with E-state index in [0.29, 0.717) is 32.7 Å². The summed E-state index contributed by atoms with van der Waals surface area (Å²) in [7, 11) is 1.75. The van der Waals surface area contributed by atoms with E-state index in [1.54, 1.807) is 24.3 Å². The molecule has 2 aromatic heterocycles. The zero-order valence-electron chi connectivity index (χ0n) is 16.1. The van der Waals surface area contributed by atoms with Gasteiger partial charge in [-0.3, -0.25) is 14.5 Å². The standard InChI is InChI=1S/C19H26N6O2/c1-14(2)18(26)24-7-8-25-17(13-24)9-16(22-25)11-21-19(27)23(3)12-15-5-4-6-20-10-15/h4-6,9-10,14H,7-8,11-13H2,1-3H3,(H,21,27). The summed E-state index contributed by atoms with van der Waals surface area (Å²) in [6.07, 6.45) is 3.46. The Kier molecular flexibility index (Phi) is 5.73. The molecule has 0 radical (unpaired) electrons. The van der Waals surface area contributed by atoms with Gasteiger partial charge in [-0.25, -0.2) is 4.79 Å². The average molecular weight is 370 g/mol. The normalized spacial score (nSPS) is 13.4. The van der Waals surface area contributed by atoms with Gasteiger partial charge >= 0.3 is 6.03 Å². The first-order valence-corrected chi connectivity index (χ1v) is 9.16. The molecule has 3 amide bonds. The van der Waals surface area contributed by atoms with Crippen LogP contribution in [0.1, 0.15) is 30.8 Å². The largest absolute Gasteiger partial charge is 0.335 e. The monoisotopic (exact) mass is 370 g/mol. The van der Waals surface area contributed by atoms with Crippen LogP contribution in [0.25, 0.3) is 0 Å². The molecule has 3 rings (SSSR count). The highest BCUT2D eigenvalue weighted by Crippen LogP contribution is 2.16. The average Bonchev–Trinajstić information content (AvgIpc) is 3.08. The van der Waals surface area contributed by atoms with Crippen LogP contribution < -0.4 is 5.32 Å². The molecule has 0 saturated heterocycles. The van der Waals surface area contributed by atoms with Crippen LogP contribution in [0, 0.1) is 5.92 Å². The first kappa shape index (κ1) is 18.9. The number of aromatic nitrogens is 3. The van der Waals surface area contributed by atoms with Crippen LogP contribution in [-0.2, 0) is 31.0 Å². The summed E-state index contributed by atoms with van der Waals surface area (Å²) in [6.45, 7) is 6.60. The molecule has 1 N–H and O–H groups in total. The van der Waals surface area contributed by atoms with Crippen molar-refractivity contribution in [3.8, 4) is 0 Å². The molecule has 0 aromatic carbocycles. The van der Waals surface area contributed by atoms with Crippen LogP contribution in [-0.4, -0.2) is 50.1 Å². The summed E-state index contributed by atoms with van der Waals surface area (Å²) >= 11 is 0. The van der Waals surface area contributed by atoms with E-state index >= 15 is 0 Å². The van der Waals surface area contributed by atoms with Gasteiger partial charge < -0.3 is 15.1 Å². The number of carbonyl (C=O) groups is 2. The Morgan fingerprint density at radius 3 is 2.85 bits per heavy atom. The van der Waals surface area contributed by atoms with Crippen LogP contribution >= 0.6 is 0 Å². The van der Waals surface area contributed by atoms with Crippen molar-refractivity contribution in [2.45, 2.75) is 40.0 Å². The van der Waals surface area contributed by atoms with Gasteiger partial charge in [0.1, 0.15) is 0 Å². The Bertz CT molecular complexity index is 802. The second kappa shape index (κ2) is 8.20. The van der Waals surface area contributed by atoms with E-state index in [1.165, 1.54) is 0 Å². The maximum absolute atomic E-state index is 12.3. The number of nitrogens with one attached hydrogen (secondary N) is 1. The molecule has 27 heavy (non-hydrogen) atoms. The smallest absolute Gasteiger partial charge is 0.317 e. The van der Waals surface area contributed by atoms with Gasteiger partial charge in [-0.05, 0) is 17.7 Å². The highest BCUT2D eigenvalue weighted by atomic mass is 16.2. The van der Waals surface area contributed by atoms with E-state index in [9.17, 15) is 9.59 Å². The molecule has 3 heterocycles. The number of fused-ring (bicyclic) bond motifs is 1. The lowest BCUT2D eigenvalue weighted by molar-refractivity contribution is -0.136. The molecule has 0 fully saturated rings. The molecule has 0 aliphatic carbocycles. The quantitative estimate of drug-likeness (QED) is 0.867. The summed E-state index contributed by atoms with van der Waals surface area (Å²) in [5, 5.41) is 7.43. The molecule has 1 aliphatic heterocycles. The van der Waals surface area contributed by atoms with Crippen molar-refractivity contribution in [2.75, 3.05) is 13.6 Å². The number of carbonyl (C=O) groups excluding carboxylic acids is 2. The number of rotatable bonds is 5. The van der Waals surface area contributed by atoms with Crippen molar-refractivity contribution in [1.82, 2.24) is 29.9 Å². The van der Waals surface area contributed by atoms with Crippen LogP contribution in [0.15, 0.2) is 30.6 Å². The molecule has 0 saturated carbocycles. The SMILES string of the molecule is CC(C)C(=O)N1CCn2nc(CNC(=O)N(C)Cc3cccnc3)cc2C1. The third-order valence-electron chi connectivity index (χ3n) is 4.56. The number of nitrogens with zero attached hydrogens (tertiary/aromatic N) is 5. The van der Waals surface area contributed by atoms with Gasteiger partial charge in [-0.2, -0.15) is 5.10 Å². The van der Waals surface area contributed by atoms with Gasteiger partial charge in [0.05, 0.1) is 31.0 Å². The summed E-state index contributed by atoms with van der Waals surface area (Å²) in [6, 6.07) is 5.58. The molecule has 144 valence electrons. The second-order valence-corrected chi connectivity index (χ2v) is 7.14. The minimum atomic E-state index is -0.165. The molecular formula is C19H26N6O2. The number of hydrogen-bond donors (Lipinski definition) is 1. The van der Waals surface area contributed by atoms with E-state index in [-0.39, 0.29) is 17.9 Å². The van der Waals surface area contributed by atoms with E-state index in [1.807, 2.05) is 41.6 Å². The van der Waals surface area contributed by atoms with E-state index in [4.69, 9.17) is 0 Å². The Balaban J connectivity index is 1.54. The third kappa shape index (κ3) is 4.64. The fourth-order valence-electron chi connectivity index (χ4n) is 3.10. The third-order valence-corrected chi connectivity index (χ3v) is 4.56. The van der Waals surface area contributed by atoms with E-state index in [2.05, 4.69) is 15.4 Å². The molecule has 0 unspecified atom stereocenters. The minimum absolute atomic E-state index is 0.00594. The number of urea groups is 1. The van der Waals surface area contributed by atoms with Crippen molar-refractivity contribution < 1.29 is 9.59 Å². The van der Waals surface area contributed by atoms with Crippen LogP contribution in [0.4, 0.5) is 4.79 Å². The van der Waals surface area contributed by atoms with Crippen LogP contribution in [0.2, 0.25) is 0 Å². The summed E-state index contributed by atoms with van der Waals surface area (Å²) in [5.41, 5.74) is 2.78. The maximum Gasteiger partial charge on any atom is 0.317 e. The number of pyridine rings is 1. The predicted octanol–water partition coefficient (Wildman–Crippen LogP) is 1.62. The van der Waals surface area contributed by atoms with Gasteiger partial charge in [0.15, 0.2) is 0 Å². The highest BCUT2D eigenvalue weighted by Gasteiger charge is 2.24. The predicted molar refractivity (Wildman–Crippen MR) is 100 cm³/mol. The Hall–Kier alpha value is -2.90. The molecule has 0 bridgehead atoms. The highest BCUT2D eigenvalue weighted by molar-refractivity contribution is 5.78. The van der Waals surface area contributed by atoms with E-state index < -0.39 is 0 Å². The van der Waals surface area contributed by atoms with Crippen molar-refractivity contribution in [1.29, 1.82) is 0 Å². The molecule has 0 atom stereocenters. The first-order valence-electron chi connectivity index (χ1n) is 9.16. The van der Waals surface area contributed by atoms with Crippen molar-refractivity contribution in [2.24, 2.45) is 5.92 Å². The van der Waals surface area contributed by atoms with Crippen molar-refractivity contribution in [3.63, 3.8) is 0 Å². The fraction of sp³-hybridized carbons (Fsp3) is 0.474. The Morgan fingerprint density at radius 1 is 1.33 bits per heavy atom. The first-order chi connectivity index (χ1) is 12.9. The molecular weight excluding hydrogens is 344 g/mol. The molecule has 2 aromatic rings. The Labute approximate surface area is 159 Å². The lowest BCUT2D eigenvalue weighted by Crippen LogP contribution is -2.40. The van der Waals surface area contributed by atoms with Crippen molar-refractivity contribution in [3.05, 3.63) is 47.5 Å². The molecule has 0 spiro atoms. The Morgan fingerprint density at radius 2 is 2.15 bits per heavy atom. The number of hydrogen-bond acceptors (Lipinski definition) is 4. The minimum Gasteiger partial charge on any atom is -0.335 e. The molecule has 1 aliphatic rings. The second-order valence-electron chi connectivity index (χ2n) is 7.14. The van der Waals surface area contributed by atoms with Gasteiger partial charge in [-0.1, -0.05) is 19.9 Å². The van der Waals surface area contributed by atoms with Gasteiger partial charge in [-0.15, -0.1) is 0 Å². The fourth-order valence-corrected chi connectivity index (χ4v) is 3.10. The molecule has 8 heteroatoms. The van der Waals surface area contributed by atoms with Gasteiger partial charge in [0, 0.05) is 38.4 Å². The van der Waals surface area contributed by atoms with Crippen molar-refractivity contribution >= 4 is 11.9 Å². The number of amides is 3. The van der Waals surface area contributed by atoms with Crippen LogP contribution in [0.5, 0.6) is 0 Å². The lowest BCUT2D eigenvalue weighted by Gasteiger charge is -2.29. The van der Waals surface area contributed by atoms with E-state index in [0.717, 1.165) is 17.0 Å². The summed E-state index contributed by atoms with van der Waals surface area (Å²) in [4.78, 5) is 32.0. The maximum atomic E-state index is 12.3. The summed E-state index contributed by atoms with van der Waals surface area (Å²) in [5.74, 6) is 0.155. The zero-order chi connectivity index (χ0) is 19.4. The van der Waals surface area contributed by atoms with Gasteiger partial charge in [0.2, 0.25) is 5.91 Å². The molecule has 8 nitrogen and oxygen atoms in total. The van der Waals surface area contributed by atoms with Gasteiger partial charge in [0.25, 0.3) is 0 Å². The summed E-state index contributed by atoms with van der Waals surface area (Å²) < 4.78 is 1.92. The zero-order valence-corrected chi connectivity index (χ0v) is 16.1. The topological polar surface area (TPSA) is 83.4 Å².